The van der Waals surface area contributed by atoms with E-state index in [1.54, 1.807) is 6.92 Å². The van der Waals surface area contributed by atoms with Crippen molar-refractivity contribution in [1.29, 1.82) is 0 Å². The van der Waals surface area contributed by atoms with Gasteiger partial charge >= 0.3 is 17.9 Å². The Balaban J connectivity index is 1.40. The van der Waals surface area contributed by atoms with Crippen LogP contribution in [0.2, 0.25) is 0 Å². The number of allylic oxidation sites excluding steroid dienone is 1. The fraction of sp³-hybridized carbons (Fsp3) is 0.800. The lowest BCUT2D eigenvalue weighted by Crippen LogP contribution is -2.67. The first-order chi connectivity index (χ1) is 22.9. The summed E-state index contributed by atoms with van der Waals surface area (Å²) in [4.78, 5) is 38.3. The SMILES string of the molecule is C=C(C)[C@@H]1CC[C@]2([C@H](O)c3c(C(=O)OCC)n[nH]c3C(=O)OC)CC[C@]3(C)[C@H](CC[C@@H]4[C@@]5(C)CC[C@H](OC(C)=O)C(C)(C)[C@@H]5CC[C@]43C)[C@@H]12. The molecular formula is C40H60N2O7. The molecule has 1 heterocycles. The zero-order valence-corrected chi connectivity index (χ0v) is 31.4. The van der Waals surface area contributed by atoms with E-state index >= 15 is 0 Å². The number of carbonyl (C=O) groups excluding carboxylic acids is 3. The van der Waals surface area contributed by atoms with Crippen LogP contribution in [0.3, 0.4) is 0 Å². The maximum absolute atomic E-state index is 13.2. The standard InChI is InChI=1S/C40H60N2O7/c1-11-48-35(46)32-29(31(41-42-32)34(45)47-10)33(44)40-19-14-24(22(2)3)30(40)25-12-13-27-37(7)17-16-28(49-23(4)43)36(5,6)26(37)15-18-39(27,9)38(25,8)20-21-40/h24-28,30,33,44H,2,11-21H2,1,3-10H3,(H,41,42)/t24-,25+,26-,27+,28-,30+,33+,37-,38+,39+,40-/m0/s1. The molecule has 5 aliphatic rings. The predicted octanol–water partition coefficient (Wildman–Crippen LogP) is 8.00. The van der Waals surface area contributed by atoms with Gasteiger partial charge in [0, 0.05) is 23.3 Å². The minimum Gasteiger partial charge on any atom is -0.464 e. The second kappa shape index (κ2) is 12.2. The number of aliphatic hydroxyl groups is 1. The Hall–Kier alpha value is -2.68. The third-order valence-electron chi connectivity index (χ3n) is 15.9. The number of ether oxygens (including phenoxy) is 3. The van der Waals surface area contributed by atoms with Crippen molar-refractivity contribution in [2.24, 2.45) is 56.7 Å². The zero-order valence-electron chi connectivity index (χ0n) is 31.4. The first-order valence-electron chi connectivity index (χ1n) is 18.8. The van der Waals surface area contributed by atoms with Crippen LogP contribution in [0.15, 0.2) is 12.2 Å². The van der Waals surface area contributed by atoms with E-state index in [1.807, 2.05) is 0 Å². The highest BCUT2D eigenvalue weighted by atomic mass is 16.5. The fourth-order valence-corrected chi connectivity index (χ4v) is 13.6. The topological polar surface area (TPSA) is 128 Å². The van der Waals surface area contributed by atoms with Crippen molar-refractivity contribution in [3.05, 3.63) is 29.1 Å². The molecule has 9 nitrogen and oxygen atoms in total. The van der Waals surface area contributed by atoms with E-state index in [-0.39, 0.29) is 69.1 Å². The van der Waals surface area contributed by atoms with Crippen LogP contribution in [0.1, 0.15) is 152 Å². The predicted molar refractivity (Wildman–Crippen MR) is 185 cm³/mol. The minimum atomic E-state index is -1.10. The van der Waals surface area contributed by atoms with E-state index in [1.165, 1.54) is 14.0 Å². The van der Waals surface area contributed by atoms with Crippen molar-refractivity contribution in [3.63, 3.8) is 0 Å². The molecule has 0 saturated heterocycles. The lowest BCUT2D eigenvalue weighted by atomic mass is 9.32. The van der Waals surface area contributed by atoms with Gasteiger partial charge in [0.1, 0.15) is 11.8 Å². The average molecular weight is 681 g/mol. The van der Waals surface area contributed by atoms with Gasteiger partial charge in [0.2, 0.25) is 0 Å². The van der Waals surface area contributed by atoms with E-state index in [0.29, 0.717) is 17.8 Å². The lowest BCUT2D eigenvalue weighted by Gasteiger charge is -2.73. The summed E-state index contributed by atoms with van der Waals surface area (Å²) in [6.07, 6.45) is 8.67. The molecular weight excluding hydrogens is 620 g/mol. The largest absolute Gasteiger partial charge is 0.464 e. The number of hydrogen-bond acceptors (Lipinski definition) is 8. The van der Waals surface area contributed by atoms with Gasteiger partial charge in [-0.1, -0.05) is 46.8 Å². The van der Waals surface area contributed by atoms with E-state index < -0.39 is 23.5 Å². The number of carbonyl (C=O) groups is 3. The van der Waals surface area contributed by atoms with E-state index in [0.717, 1.165) is 69.8 Å². The fourth-order valence-electron chi connectivity index (χ4n) is 13.6. The molecule has 5 fully saturated rings. The van der Waals surface area contributed by atoms with E-state index in [4.69, 9.17) is 14.2 Å². The minimum absolute atomic E-state index is 0.0205. The van der Waals surface area contributed by atoms with Crippen molar-refractivity contribution in [1.82, 2.24) is 10.2 Å². The van der Waals surface area contributed by atoms with Crippen LogP contribution in [0.5, 0.6) is 0 Å². The van der Waals surface area contributed by atoms with Crippen molar-refractivity contribution in [3.8, 4) is 0 Å². The van der Waals surface area contributed by atoms with Gasteiger partial charge in [-0.25, -0.2) is 9.59 Å². The number of hydrogen-bond donors (Lipinski definition) is 2. The van der Waals surface area contributed by atoms with Crippen LogP contribution in [-0.4, -0.2) is 53.0 Å². The molecule has 9 heteroatoms. The van der Waals surface area contributed by atoms with Gasteiger partial charge in [-0.2, -0.15) is 5.10 Å². The number of nitrogens with zero attached hydrogens (tertiary/aromatic N) is 1. The zero-order chi connectivity index (χ0) is 35.9. The second-order valence-corrected chi connectivity index (χ2v) is 17.9. The van der Waals surface area contributed by atoms with E-state index in [2.05, 4.69) is 58.3 Å². The van der Waals surface area contributed by atoms with Crippen molar-refractivity contribution < 1.29 is 33.7 Å². The molecule has 5 aliphatic carbocycles. The summed E-state index contributed by atoms with van der Waals surface area (Å²) in [7, 11) is 1.29. The summed E-state index contributed by atoms with van der Waals surface area (Å²) in [6, 6.07) is 0. The molecule has 0 bridgehead atoms. The van der Waals surface area contributed by atoms with Crippen LogP contribution in [0, 0.1) is 56.7 Å². The smallest absolute Gasteiger partial charge is 0.359 e. The van der Waals surface area contributed by atoms with Crippen molar-refractivity contribution in [2.45, 2.75) is 132 Å². The first kappa shape index (κ1) is 36.1. The molecule has 6 rings (SSSR count). The van der Waals surface area contributed by atoms with Gasteiger partial charge in [-0.15, -0.1) is 0 Å². The van der Waals surface area contributed by atoms with Crippen molar-refractivity contribution >= 4 is 17.9 Å². The summed E-state index contributed by atoms with van der Waals surface area (Å²) in [6.45, 7) is 22.4. The Bertz CT molecular complexity index is 1520. The van der Waals surface area contributed by atoms with Gasteiger partial charge in [0.25, 0.3) is 0 Å². The number of esters is 3. The molecule has 49 heavy (non-hydrogen) atoms. The Morgan fingerprint density at radius 1 is 0.918 bits per heavy atom. The molecule has 272 valence electrons. The number of methoxy groups -OCH3 is 1. The van der Waals surface area contributed by atoms with Crippen LogP contribution < -0.4 is 0 Å². The third kappa shape index (κ3) is 5.01. The van der Waals surface area contributed by atoms with Gasteiger partial charge in [0.05, 0.1) is 19.8 Å². The molecule has 0 aromatic carbocycles. The Morgan fingerprint density at radius 2 is 1.63 bits per heavy atom. The number of rotatable bonds is 7. The highest BCUT2D eigenvalue weighted by Gasteiger charge is 2.72. The molecule has 0 radical (unpaired) electrons. The summed E-state index contributed by atoms with van der Waals surface area (Å²) in [5, 5.41) is 19.6. The summed E-state index contributed by atoms with van der Waals surface area (Å²) < 4.78 is 16.4. The second-order valence-electron chi connectivity index (χ2n) is 17.9. The molecule has 0 spiro atoms. The van der Waals surface area contributed by atoms with Crippen LogP contribution >= 0.6 is 0 Å². The number of aromatic amines is 1. The molecule has 11 atom stereocenters. The number of H-pyrrole nitrogens is 1. The molecule has 2 N–H and O–H groups in total. The highest BCUT2D eigenvalue weighted by Crippen LogP contribution is 2.78. The average Bonchev–Trinajstić information content (AvgIpc) is 3.66. The normalized spacial score (nSPS) is 41.3. The number of nitrogens with one attached hydrogen (secondary N) is 1. The molecule has 0 unspecified atom stereocenters. The lowest BCUT2D eigenvalue weighted by molar-refractivity contribution is -0.255. The maximum atomic E-state index is 13.2. The highest BCUT2D eigenvalue weighted by molar-refractivity contribution is 5.96. The molecule has 0 aliphatic heterocycles. The summed E-state index contributed by atoms with van der Waals surface area (Å²) in [5.74, 6) is 0.198. The van der Waals surface area contributed by atoms with Crippen LogP contribution in [0.4, 0.5) is 0 Å². The van der Waals surface area contributed by atoms with E-state index in [9.17, 15) is 19.5 Å². The molecule has 0 amide bonds. The molecule has 1 aromatic rings. The summed E-state index contributed by atoms with van der Waals surface area (Å²) >= 11 is 0. The van der Waals surface area contributed by atoms with Gasteiger partial charge < -0.3 is 19.3 Å². The van der Waals surface area contributed by atoms with Gasteiger partial charge in [-0.3, -0.25) is 9.89 Å². The first-order valence-corrected chi connectivity index (χ1v) is 18.8. The maximum Gasteiger partial charge on any atom is 0.359 e. The summed E-state index contributed by atoms with van der Waals surface area (Å²) in [5.41, 5.74) is 0.930. The Kier molecular flexibility index (Phi) is 9.02. The Labute approximate surface area is 292 Å². The van der Waals surface area contributed by atoms with Gasteiger partial charge in [0.15, 0.2) is 5.69 Å². The monoisotopic (exact) mass is 680 g/mol. The molecule has 1 aromatic heterocycles. The molecule has 5 saturated carbocycles. The van der Waals surface area contributed by atoms with Gasteiger partial charge in [-0.05, 0) is 124 Å². The Morgan fingerprint density at radius 3 is 2.27 bits per heavy atom. The third-order valence-corrected chi connectivity index (χ3v) is 15.9. The van der Waals surface area contributed by atoms with Crippen LogP contribution in [-0.2, 0) is 19.0 Å². The number of aromatic nitrogens is 2. The van der Waals surface area contributed by atoms with Crippen molar-refractivity contribution in [2.75, 3.05) is 13.7 Å². The number of aliphatic hydroxyl groups excluding tert-OH is 1. The van der Waals surface area contributed by atoms with Crippen LogP contribution in [0.25, 0.3) is 0 Å². The quantitative estimate of drug-likeness (QED) is 0.169. The number of fused-ring (bicyclic) bond motifs is 7.